The van der Waals surface area contributed by atoms with E-state index in [1.807, 2.05) is 19.1 Å². The van der Waals surface area contributed by atoms with Crippen LogP contribution in [0.3, 0.4) is 0 Å². The molecule has 0 radical (unpaired) electrons. The minimum atomic E-state index is -0.328. The first-order valence-electron chi connectivity index (χ1n) is 12.6. The fourth-order valence-corrected chi connectivity index (χ4v) is 4.94. The maximum Gasteiger partial charge on any atom is 0.310 e. The van der Waals surface area contributed by atoms with Crippen molar-refractivity contribution < 1.29 is 24.2 Å². The average molecular weight is 528 g/mol. The van der Waals surface area contributed by atoms with Crippen molar-refractivity contribution in [2.24, 2.45) is 0 Å². The van der Waals surface area contributed by atoms with Crippen LogP contribution in [0, 0.1) is 6.92 Å². The van der Waals surface area contributed by atoms with E-state index in [2.05, 4.69) is 9.80 Å². The van der Waals surface area contributed by atoms with Crippen LogP contribution in [0.1, 0.15) is 28.0 Å². The summed E-state index contributed by atoms with van der Waals surface area (Å²) < 4.78 is 12.6. The van der Waals surface area contributed by atoms with Crippen LogP contribution >= 0.6 is 11.6 Å². The third-order valence-electron chi connectivity index (χ3n) is 6.93. The molecule has 8 nitrogen and oxygen atoms in total. The number of nitrogens with zero attached hydrogens (tertiary/aromatic N) is 3. The van der Waals surface area contributed by atoms with Crippen LogP contribution in [0.15, 0.2) is 42.5 Å². The number of hydrogen-bond donors (Lipinski definition) is 1. The second kappa shape index (κ2) is 12.6. The number of piperazine rings is 1. The molecular weight excluding hydrogens is 494 g/mol. The Bertz CT molecular complexity index is 1230. The Hall–Kier alpha value is -2.91. The highest BCUT2D eigenvalue weighted by molar-refractivity contribution is 6.30. The number of fused-ring (bicyclic) bond motifs is 1. The van der Waals surface area contributed by atoms with E-state index in [0.717, 1.165) is 50.1 Å². The van der Waals surface area contributed by atoms with Gasteiger partial charge in [0.2, 0.25) is 0 Å². The average Bonchev–Trinajstić information content (AvgIpc) is 3.18. The number of carbonyl (C=O) groups excluding carboxylic acids is 2. The third kappa shape index (κ3) is 6.51. The normalized spacial score (nSPS) is 14.7. The molecule has 2 heterocycles. The molecule has 0 spiro atoms. The lowest BCUT2D eigenvalue weighted by Crippen LogP contribution is -2.47. The first-order chi connectivity index (χ1) is 17.9. The van der Waals surface area contributed by atoms with Crippen molar-refractivity contribution in [3.05, 3.63) is 64.3 Å². The summed E-state index contributed by atoms with van der Waals surface area (Å²) in [6.07, 6.45) is 0.857. The van der Waals surface area contributed by atoms with E-state index in [1.54, 1.807) is 42.0 Å². The largest absolute Gasteiger partial charge is 0.497 e. The standard InChI is InChI=1S/C28H34ClN3O5/c1-20-24(19-27(34)37-17-15-31-13-11-30(12-14-31)10-3-16-33)25-18-23(36-2)8-9-26(25)32(20)28(35)21-4-6-22(29)7-5-21/h4-9,18,33H,3,10-17,19H2,1-2H3. The van der Waals surface area contributed by atoms with Gasteiger partial charge in [-0.2, -0.15) is 0 Å². The summed E-state index contributed by atoms with van der Waals surface area (Å²) in [5.41, 5.74) is 2.66. The molecule has 0 unspecified atom stereocenters. The molecule has 1 saturated heterocycles. The molecule has 1 N–H and O–H groups in total. The van der Waals surface area contributed by atoms with E-state index in [-0.39, 0.29) is 24.9 Å². The molecule has 2 aromatic carbocycles. The molecule has 0 amide bonds. The molecule has 1 fully saturated rings. The van der Waals surface area contributed by atoms with Crippen LogP contribution in [-0.4, -0.2) is 90.9 Å². The zero-order valence-corrected chi connectivity index (χ0v) is 22.2. The Kier molecular flexibility index (Phi) is 9.21. The van der Waals surface area contributed by atoms with E-state index in [0.29, 0.717) is 40.7 Å². The van der Waals surface area contributed by atoms with Crippen LogP contribution in [0.25, 0.3) is 10.9 Å². The summed E-state index contributed by atoms with van der Waals surface area (Å²) in [6.45, 7) is 7.73. The van der Waals surface area contributed by atoms with Crippen molar-refractivity contribution in [1.29, 1.82) is 0 Å². The third-order valence-corrected chi connectivity index (χ3v) is 7.18. The van der Waals surface area contributed by atoms with Crippen molar-refractivity contribution >= 4 is 34.4 Å². The maximum atomic E-state index is 13.4. The molecule has 3 aromatic rings. The monoisotopic (exact) mass is 527 g/mol. The lowest BCUT2D eigenvalue weighted by Gasteiger charge is -2.34. The first-order valence-corrected chi connectivity index (χ1v) is 13.0. The Labute approximate surface area is 222 Å². The highest BCUT2D eigenvalue weighted by Gasteiger charge is 2.23. The number of benzene rings is 2. The number of hydrogen-bond acceptors (Lipinski definition) is 7. The SMILES string of the molecule is COc1ccc2c(c1)c(CC(=O)OCCN1CCN(CCCO)CC1)c(C)n2C(=O)c1ccc(Cl)cc1. The number of aliphatic hydroxyl groups is 1. The quantitative estimate of drug-likeness (QED) is 0.405. The van der Waals surface area contributed by atoms with Crippen LogP contribution < -0.4 is 4.74 Å². The van der Waals surface area contributed by atoms with E-state index in [4.69, 9.17) is 26.2 Å². The number of carbonyl (C=O) groups is 2. The number of aliphatic hydroxyl groups excluding tert-OH is 1. The fraction of sp³-hybridized carbons (Fsp3) is 0.429. The number of rotatable bonds is 10. The second-order valence-electron chi connectivity index (χ2n) is 9.25. The molecule has 9 heteroatoms. The van der Waals surface area contributed by atoms with Gasteiger partial charge in [0.1, 0.15) is 12.4 Å². The van der Waals surface area contributed by atoms with Crippen LogP contribution in [0.5, 0.6) is 5.75 Å². The van der Waals surface area contributed by atoms with E-state index >= 15 is 0 Å². The number of halogens is 1. The van der Waals surface area contributed by atoms with Crippen molar-refractivity contribution in [3.63, 3.8) is 0 Å². The summed E-state index contributed by atoms with van der Waals surface area (Å²) in [5.74, 6) is 0.129. The summed E-state index contributed by atoms with van der Waals surface area (Å²) in [4.78, 5) is 30.9. The van der Waals surface area contributed by atoms with Crippen LogP contribution in [0.2, 0.25) is 5.02 Å². The molecule has 1 aromatic heterocycles. The highest BCUT2D eigenvalue weighted by Crippen LogP contribution is 2.31. The van der Waals surface area contributed by atoms with E-state index in [9.17, 15) is 9.59 Å². The number of aromatic nitrogens is 1. The minimum absolute atomic E-state index is 0.0608. The summed E-state index contributed by atoms with van der Waals surface area (Å²) in [7, 11) is 1.59. The number of ether oxygens (including phenoxy) is 2. The summed E-state index contributed by atoms with van der Waals surface area (Å²) in [5, 5.41) is 10.3. The van der Waals surface area contributed by atoms with E-state index in [1.165, 1.54) is 0 Å². The van der Waals surface area contributed by atoms with Gasteiger partial charge >= 0.3 is 5.97 Å². The molecule has 0 aliphatic carbocycles. The Morgan fingerprint density at radius 3 is 2.32 bits per heavy atom. The van der Waals surface area contributed by atoms with Gasteiger partial charge in [-0.3, -0.25) is 19.1 Å². The molecular formula is C28H34ClN3O5. The van der Waals surface area contributed by atoms with Gasteiger partial charge in [0.15, 0.2) is 0 Å². The van der Waals surface area contributed by atoms with Crippen LogP contribution in [0.4, 0.5) is 0 Å². The summed E-state index contributed by atoms with van der Waals surface area (Å²) >= 11 is 6.00. The molecule has 0 atom stereocenters. The predicted molar refractivity (Wildman–Crippen MR) is 144 cm³/mol. The molecule has 0 saturated carbocycles. The van der Waals surface area contributed by atoms with Gasteiger partial charge in [-0.15, -0.1) is 0 Å². The molecule has 1 aliphatic rings. The minimum Gasteiger partial charge on any atom is -0.497 e. The van der Waals surface area contributed by atoms with Gasteiger partial charge in [-0.05, 0) is 61.4 Å². The Balaban J connectivity index is 1.44. The van der Waals surface area contributed by atoms with E-state index < -0.39 is 0 Å². The van der Waals surface area contributed by atoms with Gasteiger partial charge < -0.3 is 19.5 Å². The molecule has 0 bridgehead atoms. The molecule has 4 rings (SSSR count). The first kappa shape index (κ1) is 27.1. The van der Waals surface area contributed by atoms with Crippen molar-refractivity contribution in [2.75, 3.05) is 59.6 Å². The zero-order chi connectivity index (χ0) is 26.4. The molecule has 1 aliphatic heterocycles. The lowest BCUT2D eigenvalue weighted by atomic mass is 10.1. The van der Waals surface area contributed by atoms with Gasteiger partial charge in [-0.1, -0.05) is 11.6 Å². The number of esters is 1. The lowest BCUT2D eigenvalue weighted by molar-refractivity contribution is -0.143. The number of methoxy groups -OCH3 is 1. The van der Waals surface area contributed by atoms with Crippen molar-refractivity contribution in [3.8, 4) is 5.75 Å². The fourth-order valence-electron chi connectivity index (χ4n) is 4.81. The maximum absolute atomic E-state index is 13.4. The highest BCUT2D eigenvalue weighted by atomic mass is 35.5. The van der Waals surface area contributed by atoms with Gasteiger partial charge in [-0.25, -0.2) is 0 Å². The predicted octanol–water partition coefficient (Wildman–Crippen LogP) is 3.39. The van der Waals surface area contributed by atoms with Gasteiger partial charge in [0, 0.05) is 67.5 Å². The topological polar surface area (TPSA) is 84.2 Å². The van der Waals surface area contributed by atoms with Crippen molar-refractivity contribution in [1.82, 2.24) is 14.4 Å². The second-order valence-corrected chi connectivity index (χ2v) is 9.69. The molecule has 37 heavy (non-hydrogen) atoms. The van der Waals surface area contributed by atoms with Crippen LogP contribution in [-0.2, 0) is 16.0 Å². The summed E-state index contributed by atoms with van der Waals surface area (Å²) in [6, 6.07) is 12.3. The smallest absolute Gasteiger partial charge is 0.310 e. The van der Waals surface area contributed by atoms with Gasteiger partial charge in [0.25, 0.3) is 5.91 Å². The molecule has 198 valence electrons. The van der Waals surface area contributed by atoms with Gasteiger partial charge in [0.05, 0.1) is 19.0 Å². The Morgan fingerprint density at radius 1 is 1.00 bits per heavy atom. The van der Waals surface area contributed by atoms with Crippen molar-refractivity contribution in [2.45, 2.75) is 19.8 Å². The zero-order valence-electron chi connectivity index (χ0n) is 21.4. The Morgan fingerprint density at radius 2 is 1.68 bits per heavy atom.